The third-order valence-corrected chi connectivity index (χ3v) is 3.60. The van der Waals surface area contributed by atoms with Crippen LogP contribution in [-0.2, 0) is 4.79 Å². The molecule has 4 heteroatoms. The molecule has 3 nitrogen and oxygen atoms in total. The van der Waals surface area contributed by atoms with Crippen LogP contribution in [0, 0.1) is 6.92 Å². The number of primary amides is 1. The molecular weight excluding hydrogens is 208 g/mol. The highest BCUT2D eigenvalue weighted by atomic mass is 32.1. The Morgan fingerprint density at radius 1 is 1.67 bits per heavy atom. The number of rotatable bonds is 5. The monoisotopic (exact) mass is 226 g/mol. The highest BCUT2D eigenvalue weighted by Gasteiger charge is 2.21. The minimum absolute atomic E-state index is 0.295. The second-order valence-electron chi connectivity index (χ2n) is 3.78. The molecule has 0 bridgehead atoms. The second-order valence-corrected chi connectivity index (χ2v) is 4.73. The maximum atomic E-state index is 11.4. The first-order valence-corrected chi connectivity index (χ1v) is 6.03. The number of carbonyl (C=O) groups is 1. The number of nitrogens with two attached hydrogens (primary N) is 1. The highest BCUT2D eigenvalue weighted by Crippen LogP contribution is 2.24. The van der Waals surface area contributed by atoms with Crippen molar-refractivity contribution < 1.29 is 4.79 Å². The van der Waals surface area contributed by atoms with Gasteiger partial charge in [-0.05, 0) is 37.3 Å². The Kier molecular flexibility index (Phi) is 4.29. The first-order chi connectivity index (χ1) is 7.06. The van der Waals surface area contributed by atoms with Crippen molar-refractivity contribution in [1.82, 2.24) is 5.32 Å². The molecule has 0 saturated heterocycles. The largest absolute Gasteiger partial charge is 0.368 e. The number of thiophene rings is 1. The van der Waals surface area contributed by atoms with Crippen molar-refractivity contribution in [3.63, 3.8) is 0 Å². The number of hydrogen-bond donors (Lipinski definition) is 2. The minimum Gasteiger partial charge on any atom is -0.368 e. The van der Waals surface area contributed by atoms with Crippen LogP contribution >= 0.6 is 11.3 Å². The van der Waals surface area contributed by atoms with Gasteiger partial charge in [0.05, 0.1) is 0 Å². The van der Waals surface area contributed by atoms with Gasteiger partial charge in [0, 0.05) is 10.9 Å². The van der Waals surface area contributed by atoms with Crippen molar-refractivity contribution in [2.24, 2.45) is 5.73 Å². The average Bonchev–Trinajstić information content (AvgIpc) is 2.60. The predicted octanol–water partition coefficient (Wildman–Crippen LogP) is 1.97. The molecule has 1 heterocycles. The fourth-order valence-corrected chi connectivity index (χ4v) is 2.36. The van der Waals surface area contributed by atoms with Crippen LogP contribution in [0.5, 0.6) is 0 Å². The molecule has 1 amide bonds. The Balaban J connectivity index is 2.84. The Labute approximate surface area is 94.7 Å². The normalized spacial score (nSPS) is 14.9. The van der Waals surface area contributed by atoms with Gasteiger partial charge in [-0.15, -0.1) is 11.3 Å². The molecule has 0 spiro atoms. The zero-order valence-electron chi connectivity index (χ0n) is 9.41. The predicted molar refractivity (Wildman–Crippen MR) is 63.9 cm³/mol. The van der Waals surface area contributed by atoms with Crippen LogP contribution in [0.3, 0.4) is 0 Å². The van der Waals surface area contributed by atoms with Gasteiger partial charge in [-0.1, -0.05) is 6.92 Å². The summed E-state index contributed by atoms with van der Waals surface area (Å²) in [5.41, 5.74) is 6.53. The summed E-state index contributed by atoms with van der Waals surface area (Å²) in [4.78, 5) is 12.4. The first-order valence-electron chi connectivity index (χ1n) is 5.15. The topological polar surface area (TPSA) is 55.1 Å². The molecular formula is C11H18N2OS. The van der Waals surface area contributed by atoms with Gasteiger partial charge in [0.25, 0.3) is 0 Å². The van der Waals surface area contributed by atoms with E-state index in [1.807, 2.05) is 18.4 Å². The van der Waals surface area contributed by atoms with Crippen LogP contribution in [0.1, 0.15) is 36.8 Å². The molecule has 0 aromatic carbocycles. The van der Waals surface area contributed by atoms with Crippen LogP contribution in [0.2, 0.25) is 0 Å². The average molecular weight is 226 g/mol. The van der Waals surface area contributed by atoms with Gasteiger partial charge in [-0.3, -0.25) is 10.1 Å². The second kappa shape index (κ2) is 5.28. The lowest BCUT2D eigenvalue weighted by molar-refractivity contribution is -0.120. The SMILES string of the molecule is CCC(C)NC(C(N)=O)c1sccc1C. The maximum absolute atomic E-state index is 11.4. The summed E-state index contributed by atoms with van der Waals surface area (Å²) < 4.78 is 0. The summed E-state index contributed by atoms with van der Waals surface area (Å²) in [7, 11) is 0. The fraction of sp³-hybridized carbons (Fsp3) is 0.545. The quantitative estimate of drug-likeness (QED) is 0.806. The molecule has 15 heavy (non-hydrogen) atoms. The van der Waals surface area contributed by atoms with Crippen molar-refractivity contribution in [1.29, 1.82) is 0 Å². The van der Waals surface area contributed by atoms with E-state index in [2.05, 4.69) is 19.2 Å². The van der Waals surface area contributed by atoms with Gasteiger partial charge in [-0.25, -0.2) is 0 Å². The highest BCUT2D eigenvalue weighted by molar-refractivity contribution is 7.10. The summed E-state index contributed by atoms with van der Waals surface area (Å²) in [5, 5.41) is 5.23. The van der Waals surface area contributed by atoms with Crippen molar-refractivity contribution in [3.8, 4) is 0 Å². The van der Waals surface area contributed by atoms with Crippen LogP contribution in [0.15, 0.2) is 11.4 Å². The number of aryl methyl sites for hydroxylation is 1. The van der Waals surface area contributed by atoms with Gasteiger partial charge < -0.3 is 5.73 Å². The Bertz CT molecular complexity index is 335. The van der Waals surface area contributed by atoms with E-state index in [0.29, 0.717) is 6.04 Å². The van der Waals surface area contributed by atoms with Gasteiger partial charge in [0.15, 0.2) is 0 Å². The smallest absolute Gasteiger partial charge is 0.240 e. The molecule has 0 aliphatic carbocycles. The lowest BCUT2D eigenvalue weighted by atomic mass is 10.1. The van der Waals surface area contributed by atoms with E-state index in [9.17, 15) is 4.79 Å². The molecule has 0 fully saturated rings. The zero-order valence-corrected chi connectivity index (χ0v) is 10.2. The molecule has 0 aliphatic rings. The van der Waals surface area contributed by atoms with E-state index in [0.717, 1.165) is 16.9 Å². The third kappa shape index (κ3) is 3.04. The van der Waals surface area contributed by atoms with Crippen molar-refractivity contribution in [2.75, 3.05) is 0 Å². The molecule has 1 rings (SSSR count). The maximum Gasteiger partial charge on any atom is 0.240 e. The Morgan fingerprint density at radius 3 is 2.73 bits per heavy atom. The third-order valence-electron chi connectivity index (χ3n) is 2.51. The number of amides is 1. The molecule has 2 atom stereocenters. The van der Waals surface area contributed by atoms with E-state index >= 15 is 0 Å². The van der Waals surface area contributed by atoms with Crippen molar-refractivity contribution >= 4 is 17.2 Å². The van der Waals surface area contributed by atoms with Gasteiger partial charge >= 0.3 is 0 Å². The molecule has 0 aliphatic heterocycles. The summed E-state index contributed by atoms with van der Waals surface area (Å²) >= 11 is 1.58. The number of hydrogen-bond acceptors (Lipinski definition) is 3. The van der Waals surface area contributed by atoms with Crippen LogP contribution < -0.4 is 11.1 Å². The number of carbonyl (C=O) groups excluding carboxylic acids is 1. The summed E-state index contributed by atoms with van der Waals surface area (Å²) in [6, 6.07) is 1.96. The van der Waals surface area contributed by atoms with E-state index in [-0.39, 0.29) is 11.9 Å². The zero-order chi connectivity index (χ0) is 11.4. The van der Waals surface area contributed by atoms with E-state index in [1.54, 1.807) is 11.3 Å². The van der Waals surface area contributed by atoms with Crippen molar-refractivity contribution in [2.45, 2.75) is 39.3 Å². The summed E-state index contributed by atoms with van der Waals surface area (Å²) in [6.45, 7) is 6.13. The summed E-state index contributed by atoms with van der Waals surface area (Å²) in [5.74, 6) is -0.305. The van der Waals surface area contributed by atoms with Gasteiger partial charge in [-0.2, -0.15) is 0 Å². The number of nitrogens with one attached hydrogen (secondary N) is 1. The first kappa shape index (κ1) is 12.2. The Hall–Kier alpha value is -0.870. The van der Waals surface area contributed by atoms with Crippen LogP contribution in [0.25, 0.3) is 0 Å². The van der Waals surface area contributed by atoms with Crippen molar-refractivity contribution in [3.05, 3.63) is 21.9 Å². The molecule has 1 aromatic heterocycles. The minimum atomic E-state index is -0.347. The van der Waals surface area contributed by atoms with E-state index in [4.69, 9.17) is 5.73 Å². The molecule has 1 aromatic rings. The molecule has 3 N–H and O–H groups in total. The molecule has 2 unspecified atom stereocenters. The van der Waals surface area contributed by atoms with E-state index < -0.39 is 0 Å². The molecule has 84 valence electrons. The lowest BCUT2D eigenvalue weighted by Crippen LogP contribution is -2.38. The van der Waals surface area contributed by atoms with Gasteiger partial charge in [0.2, 0.25) is 5.91 Å². The summed E-state index contributed by atoms with van der Waals surface area (Å²) in [6.07, 6.45) is 0.980. The standard InChI is InChI=1S/C11H18N2OS/c1-4-8(3)13-9(11(12)14)10-7(2)5-6-15-10/h5-6,8-9,13H,4H2,1-3H3,(H2,12,14). The molecule has 0 saturated carbocycles. The Morgan fingerprint density at radius 2 is 2.33 bits per heavy atom. The fourth-order valence-electron chi connectivity index (χ4n) is 1.37. The van der Waals surface area contributed by atoms with E-state index in [1.165, 1.54) is 0 Å². The van der Waals surface area contributed by atoms with Crippen LogP contribution in [-0.4, -0.2) is 11.9 Å². The van der Waals surface area contributed by atoms with Gasteiger partial charge in [0.1, 0.15) is 6.04 Å². The molecule has 0 radical (unpaired) electrons. The lowest BCUT2D eigenvalue weighted by Gasteiger charge is -2.19. The van der Waals surface area contributed by atoms with Crippen LogP contribution in [0.4, 0.5) is 0 Å².